The van der Waals surface area contributed by atoms with E-state index < -0.39 is 0 Å². The van der Waals surface area contributed by atoms with Crippen LogP contribution in [0.3, 0.4) is 0 Å². The zero-order chi connectivity index (χ0) is 12.5. The third-order valence-electron chi connectivity index (χ3n) is 4.41. The summed E-state index contributed by atoms with van der Waals surface area (Å²) >= 11 is 0. The maximum atomic E-state index is 4.59. The summed E-state index contributed by atoms with van der Waals surface area (Å²) in [6.45, 7) is 8.92. The molecule has 0 radical (unpaired) electrons. The standard InChI is InChI=1S/C15H23N3/c1-3-18-7-6-15(16-18)11-17-9-13-5-4-12(2)8-14(13)10-17/h4,6-7,13-14H,3,5,8-11H2,1-2H3/t13-,14+/m1/s1. The average molecular weight is 245 g/mol. The molecule has 1 aromatic rings. The topological polar surface area (TPSA) is 21.1 Å². The third-order valence-corrected chi connectivity index (χ3v) is 4.41. The molecule has 1 saturated heterocycles. The molecular formula is C15H23N3. The molecule has 0 spiro atoms. The summed E-state index contributed by atoms with van der Waals surface area (Å²) < 4.78 is 2.02. The van der Waals surface area contributed by atoms with Gasteiger partial charge in [0.25, 0.3) is 0 Å². The second-order valence-corrected chi connectivity index (χ2v) is 5.87. The van der Waals surface area contributed by atoms with Crippen LogP contribution in [0.5, 0.6) is 0 Å². The Morgan fingerprint density at radius 3 is 2.94 bits per heavy atom. The van der Waals surface area contributed by atoms with Crippen molar-refractivity contribution in [1.29, 1.82) is 0 Å². The summed E-state index contributed by atoms with van der Waals surface area (Å²) in [7, 11) is 0. The Morgan fingerprint density at radius 1 is 1.33 bits per heavy atom. The van der Waals surface area contributed by atoms with E-state index in [1.54, 1.807) is 5.57 Å². The average Bonchev–Trinajstić information content (AvgIpc) is 2.95. The molecule has 1 aliphatic carbocycles. The predicted molar refractivity (Wildman–Crippen MR) is 73.1 cm³/mol. The van der Waals surface area contributed by atoms with E-state index in [1.165, 1.54) is 31.6 Å². The van der Waals surface area contributed by atoms with Crippen molar-refractivity contribution >= 4 is 0 Å². The van der Waals surface area contributed by atoms with Crippen LogP contribution >= 0.6 is 0 Å². The number of hydrogen-bond acceptors (Lipinski definition) is 2. The Hall–Kier alpha value is -1.09. The number of likely N-dealkylation sites (tertiary alicyclic amines) is 1. The van der Waals surface area contributed by atoms with Gasteiger partial charge in [0.2, 0.25) is 0 Å². The number of hydrogen-bond donors (Lipinski definition) is 0. The van der Waals surface area contributed by atoms with E-state index >= 15 is 0 Å². The largest absolute Gasteiger partial charge is 0.297 e. The fourth-order valence-electron chi connectivity index (χ4n) is 3.41. The summed E-state index contributed by atoms with van der Waals surface area (Å²) in [5.41, 5.74) is 2.81. The Balaban J connectivity index is 1.60. The van der Waals surface area contributed by atoms with E-state index in [2.05, 4.69) is 42.2 Å². The first kappa shape index (κ1) is 12.0. The van der Waals surface area contributed by atoms with Crippen LogP contribution < -0.4 is 0 Å². The summed E-state index contributed by atoms with van der Waals surface area (Å²) in [6, 6.07) is 2.16. The van der Waals surface area contributed by atoms with Crippen LogP contribution in [0, 0.1) is 11.8 Å². The van der Waals surface area contributed by atoms with Gasteiger partial charge in [-0.15, -0.1) is 0 Å². The molecule has 0 N–H and O–H groups in total. The van der Waals surface area contributed by atoms with E-state index in [0.717, 1.165) is 24.9 Å². The van der Waals surface area contributed by atoms with E-state index in [9.17, 15) is 0 Å². The van der Waals surface area contributed by atoms with Crippen molar-refractivity contribution in [2.24, 2.45) is 11.8 Å². The van der Waals surface area contributed by atoms with Gasteiger partial charge in [0, 0.05) is 32.4 Å². The van der Waals surface area contributed by atoms with Gasteiger partial charge < -0.3 is 0 Å². The quantitative estimate of drug-likeness (QED) is 0.763. The number of aryl methyl sites for hydroxylation is 1. The minimum atomic E-state index is 0.891. The van der Waals surface area contributed by atoms with Gasteiger partial charge >= 0.3 is 0 Å². The lowest BCUT2D eigenvalue weighted by Gasteiger charge is -2.22. The van der Waals surface area contributed by atoms with Crippen molar-refractivity contribution < 1.29 is 0 Å². The first-order valence-electron chi connectivity index (χ1n) is 7.15. The Labute approximate surface area is 109 Å². The fraction of sp³-hybridized carbons (Fsp3) is 0.667. The molecule has 1 fully saturated rings. The molecule has 0 aromatic carbocycles. The Bertz CT molecular complexity index is 446. The molecular weight excluding hydrogens is 222 g/mol. The zero-order valence-electron chi connectivity index (χ0n) is 11.5. The summed E-state index contributed by atoms with van der Waals surface area (Å²) in [4.78, 5) is 2.59. The van der Waals surface area contributed by atoms with Crippen molar-refractivity contribution in [1.82, 2.24) is 14.7 Å². The van der Waals surface area contributed by atoms with Crippen LogP contribution in [0.1, 0.15) is 32.4 Å². The van der Waals surface area contributed by atoms with Crippen molar-refractivity contribution in [3.8, 4) is 0 Å². The molecule has 3 heteroatoms. The second kappa shape index (κ2) is 4.88. The maximum absolute atomic E-state index is 4.59. The van der Waals surface area contributed by atoms with Crippen molar-refractivity contribution in [2.45, 2.75) is 39.8 Å². The fourth-order valence-corrected chi connectivity index (χ4v) is 3.41. The highest BCUT2D eigenvalue weighted by atomic mass is 15.3. The van der Waals surface area contributed by atoms with E-state index in [1.807, 2.05) is 4.68 Å². The molecule has 0 saturated carbocycles. The van der Waals surface area contributed by atoms with Crippen LogP contribution in [-0.4, -0.2) is 27.8 Å². The molecule has 2 heterocycles. The van der Waals surface area contributed by atoms with Crippen LogP contribution in [0.25, 0.3) is 0 Å². The first-order chi connectivity index (χ1) is 8.74. The van der Waals surface area contributed by atoms with Gasteiger partial charge in [0.05, 0.1) is 5.69 Å². The van der Waals surface area contributed by atoms with Gasteiger partial charge in [0.15, 0.2) is 0 Å². The molecule has 18 heavy (non-hydrogen) atoms. The summed E-state index contributed by atoms with van der Waals surface area (Å²) in [5, 5.41) is 4.59. The van der Waals surface area contributed by atoms with Gasteiger partial charge in [0.1, 0.15) is 0 Å². The van der Waals surface area contributed by atoms with E-state index in [4.69, 9.17) is 0 Å². The van der Waals surface area contributed by atoms with Crippen LogP contribution in [0.2, 0.25) is 0 Å². The van der Waals surface area contributed by atoms with Gasteiger partial charge in [-0.2, -0.15) is 5.10 Å². The summed E-state index contributed by atoms with van der Waals surface area (Å²) in [5.74, 6) is 1.78. The third kappa shape index (κ3) is 2.37. The minimum absolute atomic E-state index is 0.891. The van der Waals surface area contributed by atoms with Gasteiger partial charge in [-0.3, -0.25) is 9.58 Å². The lowest BCUT2D eigenvalue weighted by molar-refractivity contribution is 0.308. The molecule has 1 aromatic heterocycles. The molecule has 98 valence electrons. The lowest BCUT2D eigenvalue weighted by Crippen LogP contribution is -2.20. The molecule has 3 rings (SSSR count). The Morgan fingerprint density at radius 2 is 2.17 bits per heavy atom. The van der Waals surface area contributed by atoms with Crippen LogP contribution in [0.15, 0.2) is 23.9 Å². The van der Waals surface area contributed by atoms with Gasteiger partial charge in [-0.05, 0) is 44.6 Å². The molecule has 0 amide bonds. The number of aromatic nitrogens is 2. The molecule has 3 nitrogen and oxygen atoms in total. The van der Waals surface area contributed by atoms with E-state index in [-0.39, 0.29) is 0 Å². The molecule has 0 unspecified atom stereocenters. The molecule has 0 bridgehead atoms. The maximum Gasteiger partial charge on any atom is 0.0764 e. The highest BCUT2D eigenvalue weighted by molar-refractivity contribution is 5.09. The number of allylic oxidation sites excluding steroid dienone is 2. The predicted octanol–water partition coefficient (Wildman–Crippen LogP) is 2.69. The van der Waals surface area contributed by atoms with Crippen LogP contribution in [0.4, 0.5) is 0 Å². The summed E-state index contributed by atoms with van der Waals surface area (Å²) in [6.07, 6.45) is 7.13. The molecule has 1 aliphatic heterocycles. The van der Waals surface area contributed by atoms with Crippen molar-refractivity contribution in [2.75, 3.05) is 13.1 Å². The van der Waals surface area contributed by atoms with E-state index in [0.29, 0.717) is 0 Å². The molecule has 2 atom stereocenters. The number of nitrogens with zero attached hydrogens (tertiary/aromatic N) is 3. The zero-order valence-corrected chi connectivity index (χ0v) is 11.5. The monoisotopic (exact) mass is 245 g/mol. The van der Waals surface area contributed by atoms with Crippen LogP contribution in [-0.2, 0) is 13.1 Å². The van der Waals surface area contributed by atoms with Crippen molar-refractivity contribution in [3.05, 3.63) is 29.6 Å². The highest BCUT2D eigenvalue weighted by Crippen LogP contribution is 2.35. The Kier molecular flexibility index (Phi) is 3.25. The second-order valence-electron chi connectivity index (χ2n) is 5.87. The lowest BCUT2D eigenvalue weighted by atomic mass is 9.83. The first-order valence-corrected chi connectivity index (χ1v) is 7.15. The minimum Gasteiger partial charge on any atom is -0.297 e. The normalized spacial score (nSPS) is 28.2. The smallest absolute Gasteiger partial charge is 0.0764 e. The van der Waals surface area contributed by atoms with Gasteiger partial charge in [-0.25, -0.2) is 0 Å². The van der Waals surface area contributed by atoms with Crippen molar-refractivity contribution in [3.63, 3.8) is 0 Å². The molecule has 2 aliphatic rings. The van der Waals surface area contributed by atoms with Gasteiger partial charge in [-0.1, -0.05) is 11.6 Å². The highest BCUT2D eigenvalue weighted by Gasteiger charge is 2.33. The SMILES string of the molecule is CCn1ccc(CN2C[C@H]3CC=C(C)C[C@H]3C2)n1. The number of fused-ring (bicyclic) bond motifs is 1. The number of rotatable bonds is 3.